The molecule has 2 aromatic heterocycles. The van der Waals surface area contributed by atoms with Gasteiger partial charge in [-0.25, -0.2) is 4.98 Å². The molecule has 0 atom stereocenters. The number of nitrogens with zero attached hydrogens (tertiary/aromatic N) is 4. The Hall–Kier alpha value is -3.87. The van der Waals surface area contributed by atoms with E-state index in [1.54, 1.807) is 6.92 Å². The van der Waals surface area contributed by atoms with Crippen molar-refractivity contribution in [3.63, 3.8) is 0 Å². The van der Waals surface area contributed by atoms with Gasteiger partial charge >= 0.3 is 0 Å². The number of aryl methyl sites for hydroxylation is 2. The number of carbonyl (C=O) groups excluding carboxylic acids is 1. The smallest absolute Gasteiger partial charge is 0.279 e. The van der Waals surface area contributed by atoms with Gasteiger partial charge in [0, 0.05) is 49.0 Å². The Balaban J connectivity index is 1.06. The number of primary amides is 1. The van der Waals surface area contributed by atoms with Crippen LogP contribution in [0.1, 0.15) is 39.3 Å². The van der Waals surface area contributed by atoms with Gasteiger partial charge in [-0.3, -0.25) is 9.69 Å². The van der Waals surface area contributed by atoms with Gasteiger partial charge in [0.2, 0.25) is 0 Å². The lowest BCUT2D eigenvalue weighted by Gasteiger charge is -2.36. The van der Waals surface area contributed by atoms with Crippen LogP contribution in [-0.4, -0.2) is 53.5 Å². The lowest BCUT2D eigenvalue weighted by molar-refractivity contribution is 0.100. The van der Waals surface area contributed by atoms with E-state index in [1.165, 1.54) is 28.0 Å². The summed E-state index contributed by atoms with van der Waals surface area (Å²) in [6.07, 6.45) is 5.39. The number of aromatic nitrogens is 2. The highest BCUT2D eigenvalue weighted by Crippen LogP contribution is 2.30. The maximum Gasteiger partial charge on any atom is 0.279 e. The molecule has 0 unspecified atom stereocenters. The number of rotatable bonds is 9. The zero-order valence-corrected chi connectivity index (χ0v) is 21.7. The number of carbonyl (C=O) groups is 1. The summed E-state index contributed by atoms with van der Waals surface area (Å²) in [6, 6.07) is 16.1. The van der Waals surface area contributed by atoms with Gasteiger partial charge in [-0.05, 0) is 80.8 Å². The molecule has 0 bridgehead atoms. The number of nitrogens with one attached hydrogen (secondary N) is 1. The molecule has 0 aliphatic carbocycles. The van der Waals surface area contributed by atoms with Crippen molar-refractivity contribution in [3.8, 4) is 17.0 Å². The number of unbranched alkanes of at least 4 members (excludes halogenated alkanes) is 1. The van der Waals surface area contributed by atoms with Crippen LogP contribution in [0.15, 0.2) is 48.7 Å². The van der Waals surface area contributed by atoms with Crippen LogP contribution in [0.4, 0.5) is 5.69 Å². The Labute approximate surface area is 220 Å². The monoisotopic (exact) mass is 514 g/mol. The number of aromatic amines is 1. The number of hydrogen-bond acceptors (Lipinski definition) is 7. The molecule has 1 amide bonds. The Bertz CT molecular complexity index is 1430. The van der Waals surface area contributed by atoms with Crippen molar-refractivity contribution >= 4 is 33.8 Å². The Morgan fingerprint density at radius 2 is 1.95 bits per heavy atom. The van der Waals surface area contributed by atoms with Crippen molar-refractivity contribution in [1.82, 2.24) is 14.9 Å². The number of H-pyrrole nitrogens is 1. The SMILES string of the molecule is Cc1nc(Oc2ccc(N3CCN(CCCCc4c[nH]c5ccc(C#N)cc45)CC3)cc2)sc1C(N)=O. The normalized spacial score (nSPS) is 14.1. The Kier molecular flexibility index (Phi) is 7.40. The van der Waals surface area contributed by atoms with E-state index in [0.29, 0.717) is 27.1 Å². The number of anilines is 1. The second-order valence-electron chi connectivity index (χ2n) is 9.33. The second-order valence-corrected chi connectivity index (χ2v) is 10.3. The zero-order chi connectivity index (χ0) is 25.8. The molecule has 0 radical (unpaired) electrons. The maximum absolute atomic E-state index is 11.4. The molecule has 2 aromatic carbocycles. The first kappa shape index (κ1) is 24.8. The first-order valence-electron chi connectivity index (χ1n) is 12.5. The van der Waals surface area contributed by atoms with Crippen LogP contribution in [0.3, 0.4) is 0 Å². The molecule has 1 aliphatic heterocycles. The van der Waals surface area contributed by atoms with E-state index in [-0.39, 0.29) is 0 Å². The number of fused-ring (bicyclic) bond motifs is 1. The number of hydrogen-bond donors (Lipinski definition) is 2. The molecule has 0 saturated carbocycles. The van der Waals surface area contributed by atoms with E-state index >= 15 is 0 Å². The predicted octanol–water partition coefficient (Wildman–Crippen LogP) is 4.84. The predicted molar refractivity (Wildman–Crippen MR) is 146 cm³/mol. The van der Waals surface area contributed by atoms with Gasteiger partial charge in [0.15, 0.2) is 0 Å². The fourth-order valence-corrected chi connectivity index (χ4v) is 5.59. The van der Waals surface area contributed by atoms with Crippen LogP contribution in [0.2, 0.25) is 0 Å². The molecule has 37 heavy (non-hydrogen) atoms. The van der Waals surface area contributed by atoms with E-state index in [4.69, 9.17) is 10.5 Å². The van der Waals surface area contributed by atoms with Crippen LogP contribution in [0.25, 0.3) is 10.9 Å². The van der Waals surface area contributed by atoms with E-state index in [9.17, 15) is 10.1 Å². The fourth-order valence-electron chi connectivity index (χ4n) is 4.81. The summed E-state index contributed by atoms with van der Waals surface area (Å²) in [5.41, 5.74) is 10.2. The van der Waals surface area contributed by atoms with Crippen molar-refractivity contribution in [1.29, 1.82) is 5.26 Å². The molecule has 8 nitrogen and oxygen atoms in total. The molecular formula is C28H30N6O2S. The van der Waals surface area contributed by atoms with Gasteiger partial charge in [-0.2, -0.15) is 5.26 Å². The van der Waals surface area contributed by atoms with Crippen LogP contribution in [0.5, 0.6) is 10.9 Å². The first-order valence-corrected chi connectivity index (χ1v) is 13.3. The van der Waals surface area contributed by atoms with Gasteiger partial charge < -0.3 is 20.4 Å². The first-order chi connectivity index (χ1) is 18.0. The molecule has 1 aliphatic rings. The van der Waals surface area contributed by atoms with Gasteiger partial charge in [0.1, 0.15) is 10.6 Å². The number of nitrogens with two attached hydrogens (primary N) is 1. The Morgan fingerprint density at radius 1 is 1.16 bits per heavy atom. The maximum atomic E-state index is 11.4. The molecule has 9 heteroatoms. The average Bonchev–Trinajstić information content (AvgIpc) is 3.49. The highest BCUT2D eigenvalue weighted by atomic mass is 32.1. The van der Waals surface area contributed by atoms with Gasteiger partial charge in [-0.15, -0.1) is 0 Å². The summed E-state index contributed by atoms with van der Waals surface area (Å²) in [5.74, 6) is 0.204. The zero-order valence-electron chi connectivity index (χ0n) is 20.9. The number of benzene rings is 2. The molecule has 3 heterocycles. The lowest BCUT2D eigenvalue weighted by Crippen LogP contribution is -2.46. The number of piperazine rings is 1. The van der Waals surface area contributed by atoms with Gasteiger partial charge in [0.05, 0.1) is 17.3 Å². The summed E-state index contributed by atoms with van der Waals surface area (Å²) < 4.78 is 5.82. The summed E-state index contributed by atoms with van der Waals surface area (Å²) in [5, 5.41) is 10.8. The summed E-state index contributed by atoms with van der Waals surface area (Å²) in [6.45, 7) is 6.94. The minimum Gasteiger partial charge on any atom is -0.431 e. The lowest BCUT2D eigenvalue weighted by atomic mass is 10.1. The summed E-state index contributed by atoms with van der Waals surface area (Å²) in [7, 11) is 0. The molecule has 5 rings (SSSR count). The highest BCUT2D eigenvalue weighted by molar-refractivity contribution is 7.15. The quantitative estimate of drug-likeness (QED) is 0.309. The molecule has 1 saturated heterocycles. The van der Waals surface area contributed by atoms with Crippen molar-refractivity contribution in [2.45, 2.75) is 26.2 Å². The topological polar surface area (TPSA) is 111 Å². The third-order valence-corrected chi connectivity index (χ3v) is 7.90. The number of thiazole rings is 1. The number of nitriles is 1. The number of ether oxygens (including phenoxy) is 1. The van der Waals surface area contributed by atoms with E-state index < -0.39 is 5.91 Å². The standard InChI is InChI=1S/C28H30N6O2S/c1-19-26(27(30)35)37-28(32-19)36-23-8-6-22(7-9-23)34-14-12-33(13-15-34)11-3-2-4-21-18-31-25-10-5-20(17-29)16-24(21)25/h5-10,16,18,31H,2-4,11-15H2,1H3,(H2,30,35). The van der Waals surface area contributed by atoms with Crippen molar-refractivity contribution in [3.05, 3.63) is 70.4 Å². The largest absolute Gasteiger partial charge is 0.431 e. The fraction of sp³-hybridized carbons (Fsp3) is 0.321. The molecular weight excluding hydrogens is 484 g/mol. The summed E-state index contributed by atoms with van der Waals surface area (Å²) in [4.78, 5) is 24.4. The molecule has 190 valence electrons. The third kappa shape index (κ3) is 5.77. The van der Waals surface area contributed by atoms with E-state index in [2.05, 4.69) is 44.2 Å². The summed E-state index contributed by atoms with van der Waals surface area (Å²) >= 11 is 1.17. The molecule has 4 aromatic rings. The molecule has 0 spiro atoms. The van der Waals surface area contributed by atoms with E-state index in [1.807, 2.05) is 30.3 Å². The second kappa shape index (κ2) is 11.0. The van der Waals surface area contributed by atoms with Gasteiger partial charge in [-0.1, -0.05) is 11.3 Å². The Morgan fingerprint density at radius 3 is 2.65 bits per heavy atom. The minimum absolute atomic E-state index is 0.421. The molecule has 3 N–H and O–H groups in total. The molecule has 1 fully saturated rings. The van der Waals surface area contributed by atoms with E-state index in [0.717, 1.165) is 57.5 Å². The van der Waals surface area contributed by atoms with Crippen LogP contribution in [0, 0.1) is 18.3 Å². The van der Waals surface area contributed by atoms with Gasteiger partial charge in [0.25, 0.3) is 11.1 Å². The van der Waals surface area contributed by atoms with Crippen LogP contribution in [-0.2, 0) is 6.42 Å². The third-order valence-electron chi connectivity index (χ3n) is 6.85. The van der Waals surface area contributed by atoms with Crippen LogP contribution >= 0.6 is 11.3 Å². The van der Waals surface area contributed by atoms with Crippen molar-refractivity contribution in [2.75, 3.05) is 37.6 Å². The van der Waals surface area contributed by atoms with Crippen molar-refractivity contribution in [2.24, 2.45) is 5.73 Å². The number of amides is 1. The van der Waals surface area contributed by atoms with Crippen molar-refractivity contribution < 1.29 is 9.53 Å². The average molecular weight is 515 g/mol. The highest BCUT2D eigenvalue weighted by Gasteiger charge is 2.18. The van der Waals surface area contributed by atoms with Crippen LogP contribution < -0.4 is 15.4 Å². The minimum atomic E-state index is -0.483.